The molecule has 0 aliphatic heterocycles. The van der Waals surface area contributed by atoms with Gasteiger partial charge in [-0.2, -0.15) is 0 Å². The van der Waals surface area contributed by atoms with Gasteiger partial charge in [-0.05, 0) is 0 Å². The van der Waals surface area contributed by atoms with Crippen molar-refractivity contribution in [1.29, 1.82) is 0 Å². The van der Waals surface area contributed by atoms with Gasteiger partial charge in [0.05, 0.1) is 19.4 Å². The molecule has 1 aromatic heterocycles. The molecule has 1 heterocycles. The first kappa shape index (κ1) is 10.7. The summed E-state index contributed by atoms with van der Waals surface area (Å²) in [6.45, 7) is 0.703. The van der Waals surface area contributed by atoms with Crippen molar-refractivity contribution >= 4 is 0 Å². The molecule has 0 aromatic carbocycles. The van der Waals surface area contributed by atoms with E-state index in [1.165, 1.54) is 12.3 Å². The third kappa shape index (κ3) is 2.34. The second-order valence-corrected chi connectivity index (χ2v) is 2.86. The van der Waals surface area contributed by atoms with Gasteiger partial charge in [-0.25, -0.2) is 0 Å². The van der Waals surface area contributed by atoms with Crippen LogP contribution in [-0.2, 0) is 17.9 Å². The Morgan fingerprint density at radius 2 is 2.29 bits per heavy atom. The maximum absolute atomic E-state index is 11.0. The molecule has 0 saturated carbocycles. The molecule has 0 atom stereocenters. The third-order valence-electron chi connectivity index (χ3n) is 1.90. The number of hydrogen-bond acceptors (Lipinski definition) is 4. The highest BCUT2D eigenvalue weighted by Gasteiger charge is 2.04. The van der Waals surface area contributed by atoms with E-state index in [-0.39, 0.29) is 12.4 Å². The Morgan fingerprint density at radius 1 is 1.57 bits per heavy atom. The fourth-order valence-corrected chi connectivity index (χ4v) is 1.14. The second kappa shape index (κ2) is 4.78. The van der Waals surface area contributed by atoms with Gasteiger partial charge in [-0.15, -0.1) is 0 Å². The summed E-state index contributed by atoms with van der Waals surface area (Å²) < 4.78 is 6.44. The Labute approximate surface area is 81.2 Å². The van der Waals surface area contributed by atoms with Crippen LogP contribution in [0.1, 0.15) is 5.69 Å². The average molecular weight is 199 g/mol. The van der Waals surface area contributed by atoms with Crippen molar-refractivity contribution in [2.45, 2.75) is 13.2 Å². The predicted octanol–water partition coefficient (Wildman–Crippen LogP) is -0.307. The maximum atomic E-state index is 11.0. The highest BCUT2D eigenvalue weighted by atomic mass is 16.5. The molecular formula is C9H13NO4. The molecule has 0 unspecified atom stereocenters. The van der Waals surface area contributed by atoms with Crippen LogP contribution in [0.15, 0.2) is 17.1 Å². The van der Waals surface area contributed by atoms with Crippen LogP contribution in [0, 0.1) is 0 Å². The van der Waals surface area contributed by atoms with Gasteiger partial charge in [0.25, 0.3) is 0 Å². The number of pyridine rings is 1. The van der Waals surface area contributed by atoms with Crippen LogP contribution in [0.4, 0.5) is 0 Å². The molecule has 0 aliphatic rings. The van der Waals surface area contributed by atoms with Crippen LogP contribution in [0.3, 0.4) is 0 Å². The molecule has 0 amide bonds. The molecular weight excluding hydrogens is 186 g/mol. The molecule has 1 rings (SSSR count). The largest absolute Gasteiger partial charge is 0.503 e. The topological polar surface area (TPSA) is 71.7 Å². The van der Waals surface area contributed by atoms with Gasteiger partial charge in [0.15, 0.2) is 5.75 Å². The van der Waals surface area contributed by atoms with E-state index in [9.17, 15) is 4.79 Å². The number of hydrogen-bond donors (Lipinski definition) is 2. The summed E-state index contributed by atoms with van der Waals surface area (Å²) in [5.41, 5.74) is -0.0208. The lowest BCUT2D eigenvalue weighted by Crippen LogP contribution is -2.14. The summed E-state index contributed by atoms with van der Waals surface area (Å²) >= 11 is 0. The number of ether oxygens (including phenoxy) is 1. The van der Waals surface area contributed by atoms with Crippen LogP contribution in [0.5, 0.6) is 5.75 Å². The van der Waals surface area contributed by atoms with Gasteiger partial charge in [-0.3, -0.25) is 4.79 Å². The van der Waals surface area contributed by atoms with Crippen LogP contribution < -0.4 is 5.43 Å². The SMILES string of the molecule is COCCn1cc(O)c(=O)cc1CO. The number of rotatable bonds is 4. The van der Waals surface area contributed by atoms with E-state index in [0.717, 1.165) is 0 Å². The smallest absolute Gasteiger partial charge is 0.223 e. The molecule has 0 aliphatic carbocycles. The summed E-state index contributed by atoms with van der Waals surface area (Å²) in [5, 5.41) is 18.1. The van der Waals surface area contributed by atoms with Gasteiger partial charge in [-0.1, -0.05) is 0 Å². The zero-order valence-electron chi connectivity index (χ0n) is 7.93. The highest BCUT2D eigenvalue weighted by molar-refractivity contribution is 5.19. The van der Waals surface area contributed by atoms with E-state index >= 15 is 0 Å². The van der Waals surface area contributed by atoms with Gasteiger partial charge in [0.1, 0.15) is 0 Å². The molecule has 1 aromatic rings. The quantitative estimate of drug-likeness (QED) is 0.698. The summed E-state index contributed by atoms with van der Waals surface area (Å²) in [7, 11) is 1.56. The van der Waals surface area contributed by atoms with E-state index < -0.39 is 5.43 Å². The molecule has 0 fully saturated rings. The van der Waals surface area contributed by atoms with Crippen molar-refractivity contribution in [3.63, 3.8) is 0 Å². The fourth-order valence-electron chi connectivity index (χ4n) is 1.14. The van der Waals surface area contributed by atoms with Gasteiger partial charge >= 0.3 is 0 Å². The van der Waals surface area contributed by atoms with Crippen LogP contribution >= 0.6 is 0 Å². The molecule has 0 saturated heterocycles. The van der Waals surface area contributed by atoms with E-state index in [1.54, 1.807) is 11.7 Å². The van der Waals surface area contributed by atoms with Crippen molar-refractivity contribution in [1.82, 2.24) is 4.57 Å². The molecule has 2 N–H and O–H groups in total. The number of methoxy groups -OCH3 is 1. The Kier molecular flexibility index (Phi) is 3.67. The summed E-state index contributed by atoms with van der Waals surface area (Å²) in [4.78, 5) is 11.0. The highest BCUT2D eigenvalue weighted by Crippen LogP contribution is 2.04. The third-order valence-corrected chi connectivity index (χ3v) is 1.90. The molecule has 0 bridgehead atoms. The second-order valence-electron chi connectivity index (χ2n) is 2.86. The summed E-state index contributed by atoms with van der Waals surface area (Å²) in [6, 6.07) is 1.21. The standard InChI is InChI=1S/C9H13NO4/c1-14-3-2-10-5-9(13)8(12)4-7(10)6-11/h4-5,11,13H,2-3,6H2,1H3. The van der Waals surface area contributed by atoms with E-state index in [1.807, 2.05) is 0 Å². The molecule has 78 valence electrons. The zero-order chi connectivity index (χ0) is 10.6. The number of aliphatic hydroxyl groups excluding tert-OH is 1. The molecule has 5 heteroatoms. The Bertz CT molecular complexity index is 358. The Balaban J connectivity index is 3.01. The molecule has 0 radical (unpaired) electrons. The summed E-state index contributed by atoms with van der Waals surface area (Å²) in [6.07, 6.45) is 1.30. The average Bonchev–Trinajstić information content (AvgIpc) is 2.19. The maximum Gasteiger partial charge on any atom is 0.223 e. The van der Waals surface area contributed by atoms with E-state index in [4.69, 9.17) is 14.9 Å². The van der Waals surface area contributed by atoms with Crippen molar-refractivity contribution < 1.29 is 14.9 Å². The molecule has 0 spiro atoms. The zero-order valence-corrected chi connectivity index (χ0v) is 7.93. The normalized spacial score (nSPS) is 10.4. The van der Waals surface area contributed by atoms with Crippen molar-refractivity contribution in [2.75, 3.05) is 13.7 Å². The number of aromatic hydroxyl groups is 1. The van der Waals surface area contributed by atoms with Crippen molar-refractivity contribution in [3.05, 3.63) is 28.2 Å². The minimum atomic E-state index is -0.484. The lowest BCUT2D eigenvalue weighted by Gasteiger charge is -2.11. The van der Waals surface area contributed by atoms with E-state index in [0.29, 0.717) is 18.8 Å². The van der Waals surface area contributed by atoms with Gasteiger partial charge < -0.3 is 19.5 Å². The molecule has 5 nitrogen and oxygen atoms in total. The Hall–Kier alpha value is -1.33. The van der Waals surface area contributed by atoms with Crippen LogP contribution in [-0.4, -0.2) is 28.5 Å². The minimum absolute atomic E-state index is 0.237. The van der Waals surface area contributed by atoms with E-state index in [2.05, 4.69) is 0 Å². The van der Waals surface area contributed by atoms with Crippen molar-refractivity contribution in [2.24, 2.45) is 0 Å². The molecule has 14 heavy (non-hydrogen) atoms. The predicted molar refractivity (Wildman–Crippen MR) is 50.2 cm³/mol. The monoisotopic (exact) mass is 199 g/mol. The fraction of sp³-hybridized carbons (Fsp3) is 0.444. The first-order chi connectivity index (χ1) is 6.69. The Morgan fingerprint density at radius 3 is 2.86 bits per heavy atom. The number of nitrogens with zero attached hydrogens (tertiary/aromatic N) is 1. The first-order valence-corrected chi connectivity index (χ1v) is 4.21. The van der Waals surface area contributed by atoms with Gasteiger partial charge in [0.2, 0.25) is 5.43 Å². The van der Waals surface area contributed by atoms with Gasteiger partial charge in [0, 0.05) is 25.4 Å². The summed E-state index contributed by atoms with van der Waals surface area (Å²) in [5.74, 6) is -0.321. The minimum Gasteiger partial charge on any atom is -0.503 e. The lowest BCUT2D eigenvalue weighted by atomic mass is 10.3. The first-order valence-electron chi connectivity index (χ1n) is 4.21. The lowest BCUT2D eigenvalue weighted by molar-refractivity contribution is 0.182. The number of aromatic nitrogens is 1. The number of aliphatic hydroxyl groups is 1. The van der Waals surface area contributed by atoms with Crippen molar-refractivity contribution in [3.8, 4) is 5.75 Å². The van der Waals surface area contributed by atoms with Crippen LogP contribution in [0.2, 0.25) is 0 Å². The van der Waals surface area contributed by atoms with Crippen LogP contribution in [0.25, 0.3) is 0 Å².